The van der Waals surface area contributed by atoms with Gasteiger partial charge in [-0.25, -0.2) is 9.78 Å². The fourth-order valence-corrected chi connectivity index (χ4v) is 3.33. The number of esters is 1. The number of hydrogen-bond acceptors (Lipinski definition) is 5. The van der Waals surface area contributed by atoms with Gasteiger partial charge < -0.3 is 9.64 Å². The molecule has 1 aromatic heterocycles. The first-order valence-corrected chi connectivity index (χ1v) is 6.88. The Balaban J connectivity index is 2.13. The molecule has 1 heterocycles. The molecule has 0 unspecified atom stereocenters. The van der Waals surface area contributed by atoms with Gasteiger partial charge in [-0.2, -0.15) is 0 Å². The van der Waals surface area contributed by atoms with Gasteiger partial charge in [0.25, 0.3) is 0 Å². The Morgan fingerprint density at radius 3 is 2.88 bits per heavy atom. The van der Waals surface area contributed by atoms with Crippen molar-refractivity contribution in [2.24, 2.45) is 0 Å². The summed E-state index contributed by atoms with van der Waals surface area (Å²) in [5.74, 6) is -0.295. The Labute approximate surface area is 106 Å². The highest BCUT2D eigenvalue weighted by atomic mass is 32.1. The van der Waals surface area contributed by atoms with Crippen LogP contribution in [0.3, 0.4) is 0 Å². The van der Waals surface area contributed by atoms with E-state index in [0.29, 0.717) is 10.9 Å². The average molecular weight is 254 g/mol. The molecule has 1 saturated carbocycles. The molecule has 1 aliphatic carbocycles. The fraction of sp³-hybridized carbons (Fsp3) is 0.667. The van der Waals surface area contributed by atoms with E-state index in [1.807, 2.05) is 0 Å². The molecule has 0 saturated heterocycles. The number of thiazole rings is 1. The molecule has 5 heteroatoms. The van der Waals surface area contributed by atoms with Gasteiger partial charge in [-0.1, -0.05) is 24.2 Å². The van der Waals surface area contributed by atoms with Gasteiger partial charge in [-0.05, 0) is 19.8 Å². The van der Waals surface area contributed by atoms with Crippen LogP contribution in [0.1, 0.15) is 42.3 Å². The third-order valence-corrected chi connectivity index (χ3v) is 4.25. The predicted molar refractivity (Wildman–Crippen MR) is 68.7 cm³/mol. The quantitative estimate of drug-likeness (QED) is 0.775. The Morgan fingerprint density at radius 2 is 2.29 bits per heavy atom. The summed E-state index contributed by atoms with van der Waals surface area (Å²) in [6.45, 7) is 3.08. The number of carbonyl (C=O) groups is 1. The lowest BCUT2D eigenvalue weighted by molar-refractivity contribution is 0.0606. The van der Waals surface area contributed by atoms with Crippen LogP contribution in [0.5, 0.6) is 0 Å². The summed E-state index contributed by atoms with van der Waals surface area (Å²) in [5, 5.41) is 0.944. The smallest absolute Gasteiger partial charge is 0.349 e. The maximum Gasteiger partial charge on any atom is 0.349 e. The van der Waals surface area contributed by atoms with E-state index >= 15 is 0 Å². The Hall–Kier alpha value is -1.10. The molecule has 0 aliphatic heterocycles. The van der Waals surface area contributed by atoms with Crippen LogP contribution >= 0.6 is 11.3 Å². The van der Waals surface area contributed by atoms with E-state index < -0.39 is 0 Å². The third kappa shape index (κ3) is 2.60. The first-order chi connectivity index (χ1) is 8.26. The highest BCUT2D eigenvalue weighted by molar-refractivity contribution is 7.17. The molecule has 0 spiro atoms. The molecule has 1 aliphatic rings. The number of anilines is 1. The van der Waals surface area contributed by atoms with Gasteiger partial charge in [0, 0.05) is 12.6 Å². The van der Waals surface area contributed by atoms with E-state index in [4.69, 9.17) is 4.74 Å². The fourth-order valence-electron chi connectivity index (χ4n) is 2.36. The summed E-state index contributed by atoms with van der Waals surface area (Å²) >= 11 is 1.43. The van der Waals surface area contributed by atoms with E-state index in [-0.39, 0.29) is 5.97 Å². The molecule has 0 aromatic carbocycles. The monoisotopic (exact) mass is 254 g/mol. The summed E-state index contributed by atoms with van der Waals surface area (Å²) in [7, 11) is 1.40. The molecule has 2 rings (SSSR count). The Bertz CT molecular complexity index is 386. The minimum Gasteiger partial charge on any atom is -0.465 e. The first kappa shape index (κ1) is 12.4. The van der Waals surface area contributed by atoms with Crippen molar-refractivity contribution in [3.8, 4) is 0 Å². The van der Waals surface area contributed by atoms with E-state index in [1.54, 1.807) is 6.20 Å². The lowest BCUT2D eigenvalue weighted by atomic mass is 10.2. The van der Waals surface area contributed by atoms with Crippen molar-refractivity contribution in [1.29, 1.82) is 0 Å². The number of ether oxygens (including phenoxy) is 1. The molecule has 1 aromatic rings. The molecule has 0 bridgehead atoms. The van der Waals surface area contributed by atoms with E-state index in [0.717, 1.165) is 11.7 Å². The number of methoxy groups -OCH3 is 1. The van der Waals surface area contributed by atoms with Crippen LogP contribution in [0.2, 0.25) is 0 Å². The number of nitrogens with zero attached hydrogens (tertiary/aromatic N) is 2. The van der Waals surface area contributed by atoms with Crippen LogP contribution in [0, 0.1) is 0 Å². The van der Waals surface area contributed by atoms with Crippen LogP contribution in [-0.2, 0) is 4.74 Å². The van der Waals surface area contributed by atoms with Crippen LogP contribution in [0.25, 0.3) is 0 Å². The predicted octanol–water partition coefficient (Wildman–Crippen LogP) is 2.70. The highest BCUT2D eigenvalue weighted by Gasteiger charge is 2.24. The first-order valence-electron chi connectivity index (χ1n) is 6.07. The molecule has 17 heavy (non-hydrogen) atoms. The number of hydrogen-bond donors (Lipinski definition) is 0. The number of carbonyl (C=O) groups excluding carboxylic acids is 1. The zero-order valence-electron chi connectivity index (χ0n) is 10.3. The zero-order valence-corrected chi connectivity index (χ0v) is 11.1. The van der Waals surface area contributed by atoms with Crippen molar-refractivity contribution in [1.82, 2.24) is 4.98 Å². The molecule has 1 fully saturated rings. The largest absolute Gasteiger partial charge is 0.465 e. The minimum absolute atomic E-state index is 0.295. The number of rotatable bonds is 4. The molecule has 0 radical (unpaired) electrons. The zero-order chi connectivity index (χ0) is 12.3. The molecule has 4 nitrogen and oxygen atoms in total. The average Bonchev–Trinajstić information content (AvgIpc) is 3.00. The molecular formula is C12H18N2O2S. The summed E-state index contributed by atoms with van der Waals surface area (Å²) in [5.41, 5.74) is 0. The molecule has 0 N–H and O–H groups in total. The highest BCUT2D eigenvalue weighted by Crippen LogP contribution is 2.30. The van der Waals surface area contributed by atoms with Crippen molar-refractivity contribution >= 4 is 22.4 Å². The Kier molecular flexibility index (Phi) is 3.99. The van der Waals surface area contributed by atoms with Gasteiger partial charge in [0.15, 0.2) is 5.13 Å². The van der Waals surface area contributed by atoms with Gasteiger partial charge in [-0.15, -0.1) is 0 Å². The number of aromatic nitrogens is 1. The van der Waals surface area contributed by atoms with E-state index in [9.17, 15) is 4.79 Å². The lowest BCUT2D eigenvalue weighted by Gasteiger charge is -2.26. The van der Waals surface area contributed by atoms with Crippen LogP contribution in [-0.4, -0.2) is 30.6 Å². The maximum atomic E-state index is 11.4. The standard InChI is InChI=1S/C12H18N2O2S/c1-3-14(9-6-4-5-7-9)12-13-8-10(17-12)11(15)16-2/h8-9H,3-7H2,1-2H3. The van der Waals surface area contributed by atoms with Gasteiger partial charge in [-0.3, -0.25) is 0 Å². The summed E-state index contributed by atoms with van der Waals surface area (Å²) in [6.07, 6.45) is 6.69. The Morgan fingerprint density at radius 1 is 1.59 bits per heavy atom. The van der Waals surface area contributed by atoms with E-state index in [1.165, 1.54) is 44.1 Å². The SMILES string of the molecule is CCN(c1ncc(C(=O)OC)s1)C1CCCC1. The summed E-state index contributed by atoms with van der Waals surface area (Å²) in [6, 6.07) is 0.594. The summed E-state index contributed by atoms with van der Waals surface area (Å²) < 4.78 is 4.70. The molecule has 94 valence electrons. The normalized spacial score (nSPS) is 16.1. The third-order valence-electron chi connectivity index (χ3n) is 3.23. The van der Waals surface area contributed by atoms with Crippen molar-refractivity contribution in [3.63, 3.8) is 0 Å². The van der Waals surface area contributed by atoms with Gasteiger partial charge in [0.2, 0.25) is 0 Å². The van der Waals surface area contributed by atoms with Gasteiger partial charge >= 0.3 is 5.97 Å². The molecule has 0 amide bonds. The van der Waals surface area contributed by atoms with Crippen molar-refractivity contribution in [2.75, 3.05) is 18.6 Å². The summed E-state index contributed by atoms with van der Waals surface area (Å²) in [4.78, 5) is 18.6. The second kappa shape index (κ2) is 5.49. The lowest BCUT2D eigenvalue weighted by Crippen LogP contribution is -2.32. The minimum atomic E-state index is -0.295. The van der Waals surface area contributed by atoms with E-state index in [2.05, 4.69) is 16.8 Å². The van der Waals surface area contributed by atoms with Crippen molar-refractivity contribution < 1.29 is 9.53 Å². The maximum absolute atomic E-state index is 11.4. The van der Waals surface area contributed by atoms with Gasteiger partial charge in [0.1, 0.15) is 4.88 Å². The van der Waals surface area contributed by atoms with Gasteiger partial charge in [0.05, 0.1) is 13.3 Å². The van der Waals surface area contributed by atoms with Crippen LogP contribution < -0.4 is 4.90 Å². The molecular weight excluding hydrogens is 236 g/mol. The second-order valence-electron chi connectivity index (χ2n) is 4.22. The second-order valence-corrected chi connectivity index (χ2v) is 5.23. The molecule has 0 atom stereocenters. The van der Waals surface area contributed by atoms with Crippen LogP contribution in [0.15, 0.2) is 6.20 Å². The van der Waals surface area contributed by atoms with Crippen LogP contribution in [0.4, 0.5) is 5.13 Å². The van der Waals surface area contributed by atoms with Crippen molar-refractivity contribution in [2.45, 2.75) is 38.6 Å². The van der Waals surface area contributed by atoms with Crippen molar-refractivity contribution in [3.05, 3.63) is 11.1 Å². The topological polar surface area (TPSA) is 42.4 Å².